The zero-order chi connectivity index (χ0) is 11.6. The van der Waals surface area contributed by atoms with Crippen molar-refractivity contribution in [1.29, 1.82) is 0 Å². The summed E-state index contributed by atoms with van der Waals surface area (Å²) in [6.07, 6.45) is 1.11. The monoisotopic (exact) mass is 212 g/mol. The summed E-state index contributed by atoms with van der Waals surface area (Å²) in [6, 6.07) is 0.854. The summed E-state index contributed by atoms with van der Waals surface area (Å²) in [5.41, 5.74) is 0.317. The van der Waals surface area contributed by atoms with Gasteiger partial charge >= 0.3 is 0 Å². The lowest BCUT2D eigenvalue weighted by Crippen LogP contribution is -2.57. The SMILES string of the molecule is CC(=O)N1CC(C)NC(CC(C)(C)C)C1. The van der Waals surface area contributed by atoms with Crippen LogP contribution in [-0.4, -0.2) is 36.0 Å². The van der Waals surface area contributed by atoms with Gasteiger partial charge in [-0.1, -0.05) is 20.8 Å². The number of carbonyl (C=O) groups excluding carboxylic acids is 1. The topological polar surface area (TPSA) is 32.3 Å². The quantitative estimate of drug-likeness (QED) is 0.716. The molecule has 0 aliphatic carbocycles. The van der Waals surface area contributed by atoms with Crippen LogP contribution < -0.4 is 5.32 Å². The van der Waals surface area contributed by atoms with Gasteiger partial charge in [0.25, 0.3) is 0 Å². The maximum Gasteiger partial charge on any atom is 0.219 e. The van der Waals surface area contributed by atoms with Crippen LogP contribution >= 0.6 is 0 Å². The molecule has 3 heteroatoms. The minimum atomic E-state index is 0.197. The molecule has 1 aliphatic heterocycles. The van der Waals surface area contributed by atoms with E-state index < -0.39 is 0 Å². The number of nitrogens with zero attached hydrogens (tertiary/aromatic N) is 1. The zero-order valence-corrected chi connectivity index (χ0v) is 10.6. The summed E-state index contributed by atoms with van der Waals surface area (Å²) in [5.74, 6) is 0.197. The van der Waals surface area contributed by atoms with Gasteiger partial charge in [-0.15, -0.1) is 0 Å². The Bertz CT molecular complexity index is 232. The minimum Gasteiger partial charge on any atom is -0.340 e. The summed E-state index contributed by atoms with van der Waals surface area (Å²) in [4.78, 5) is 13.3. The molecule has 0 bridgehead atoms. The molecular weight excluding hydrogens is 188 g/mol. The Morgan fingerprint density at radius 2 is 2.00 bits per heavy atom. The molecule has 0 radical (unpaired) electrons. The van der Waals surface area contributed by atoms with E-state index in [0.717, 1.165) is 19.5 Å². The number of amides is 1. The Labute approximate surface area is 93.2 Å². The number of rotatable bonds is 1. The first-order valence-corrected chi connectivity index (χ1v) is 5.79. The minimum absolute atomic E-state index is 0.197. The number of piperazine rings is 1. The first-order chi connectivity index (χ1) is 6.78. The third-order valence-corrected chi connectivity index (χ3v) is 2.76. The molecule has 0 aromatic rings. The zero-order valence-electron chi connectivity index (χ0n) is 10.6. The second-order valence-corrected chi connectivity index (χ2v) is 5.95. The van der Waals surface area contributed by atoms with Crippen LogP contribution in [0.1, 0.15) is 41.0 Å². The largest absolute Gasteiger partial charge is 0.340 e. The van der Waals surface area contributed by atoms with Crippen molar-refractivity contribution in [2.24, 2.45) is 5.41 Å². The van der Waals surface area contributed by atoms with Crippen LogP contribution in [0.4, 0.5) is 0 Å². The van der Waals surface area contributed by atoms with Crippen molar-refractivity contribution >= 4 is 5.91 Å². The highest BCUT2D eigenvalue weighted by Crippen LogP contribution is 2.22. The van der Waals surface area contributed by atoms with Gasteiger partial charge in [-0.25, -0.2) is 0 Å². The van der Waals surface area contributed by atoms with Crippen molar-refractivity contribution in [1.82, 2.24) is 10.2 Å². The van der Waals surface area contributed by atoms with Crippen molar-refractivity contribution in [3.63, 3.8) is 0 Å². The molecule has 3 nitrogen and oxygen atoms in total. The second-order valence-electron chi connectivity index (χ2n) is 5.95. The predicted octanol–water partition coefficient (Wildman–Crippen LogP) is 1.63. The molecule has 15 heavy (non-hydrogen) atoms. The van der Waals surface area contributed by atoms with Crippen molar-refractivity contribution in [2.75, 3.05) is 13.1 Å². The van der Waals surface area contributed by atoms with Crippen molar-refractivity contribution in [2.45, 2.75) is 53.1 Å². The lowest BCUT2D eigenvalue weighted by molar-refractivity contribution is -0.130. The molecule has 1 N–H and O–H groups in total. The van der Waals surface area contributed by atoms with Crippen LogP contribution in [0.25, 0.3) is 0 Å². The van der Waals surface area contributed by atoms with Crippen LogP contribution in [0.5, 0.6) is 0 Å². The average molecular weight is 212 g/mol. The van der Waals surface area contributed by atoms with Gasteiger partial charge in [-0.05, 0) is 18.8 Å². The molecule has 0 aromatic heterocycles. The number of carbonyl (C=O) groups is 1. The molecule has 88 valence electrons. The average Bonchev–Trinajstić information content (AvgIpc) is 1.99. The lowest BCUT2D eigenvalue weighted by Gasteiger charge is -2.39. The molecule has 1 aliphatic rings. The van der Waals surface area contributed by atoms with E-state index in [1.165, 1.54) is 0 Å². The number of nitrogens with one attached hydrogen (secondary N) is 1. The van der Waals surface area contributed by atoms with Gasteiger partial charge in [0.15, 0.2) is 0 Å². The molecule has 2 atom stereocenters. The highest BCUT2D eigenvalue weighted by Gasteiger charge is 2.28. The van der Waals surface area contributed by atoms with E-state index in [-0.39, 0.29) is 5.91 Å². The molecule has 1 saturated heterocycles. The normalized spacial score (nSPS) is 27.9. The fraction of sp³-hybridized carbons (Fsp3) is 0.917. The maximum absolute atomic E-state index is 11.4. The van der Waals surface area contributed by atoms with Gasteiger partial charge in [0.05, 0.1) is 0 Å². The third kappa shape index (κ3) is 4.20. The number of hydrogen-bond acceptors (Lipinski definition) is 2. The van der Waals surface area contributed by atoms with Crippen molar-refractivity contribution in [3.8, 4) is 0 Å². The molecule has 1 heterocycles. The van der Waals surface area contributed by atoms with Gasteiger partial charge in [0.2, 0.25) is 5.91 Å². The van der Waals surface area contributed by atoms with E-state index in [4.69, 9.17) is 0 Å². The van der Waals surface area contributed by atoms with Gasteiger partial charge in [0.1, 0.15) is 0 Å². The van der Waals surface area contributed by atoms with Crippen molar-refractivity contribution in [3.05, 3.63) is 0 Å². The van der Waals surface area contributed by atoms with Crippen LogP contribution in [0.3, 0.4) is 0 Å². The summed E-state index contributed by atoms with van der Waals surface area (Å²) in [5, 5.41) is 3.56. The first kappa shape index (κ1) is 12.5. The highest BCUT2D eigenvalue weighted by atomic mass is 16.2. The lowest BCUT2D eigenvalue weighted by atomic mass is 9.87. The fourth-order valence-corrected chi connectivity index (χ4v) is 2.30. The van der Waals surface area contributed by atoms with Crippen LogP contribution in [0.2, 0.25) is 0 Å². The van der Waals surface area contributed by atoms with E-state index >= 15 is 0 Å². The predicted molar refractivity (Wildman–Crippen MR) is 62.7 cm³/mol. The van der Waals surface area contributed by atoms with Crippen LogP contribution in [-0.2, 0) is 4.79 Å². The van der Waals surface area contributed by atoms with E-state index in [1.54, 1.807) is 6.92 Å². The van der Waals surface area contributed by atoms with Crippen LogP contribution in [0, 0.1) is 5.41 Å². The Morgan fingerprint density at radius 1 is 1.40 bits per heavy atom. The molecule has 1 rings (SSSR count). The fourth-order valence-electron chi connectivity index (χ4n) is 2.30. The van der Waals surface area contributed by atoms with E-state index in [9.17, 15) is 4.79 Å². The van der Waals surface area contributed by atoms with Gasteiger partial charge in [0, 0.05) is 32.1 Å². The summed E-state index contributed by atoms with van der Waals surface area (Å²) in [6.45, 7) is 12.2. The number of hydrogen-bond donors (Lipinski definition) is 1. The summed E-state index contributed by atoms with van der Waals surface area (Å²) < 4.78 is 0. The molecule has 1 fully saturated rings. The summed E-state index contributed by atoms with van der Waals surface area (Å²) in [7, 11) is 0. The standard InChI is InChI=1S/C12H24N2O/c1-9-7-14(10(2)15)8-11(13-9)6-12(3,4)5/h9,11,13H,6-8H2,1-5H3. The van der Waals surface area contributed by atoms with E-state index in [0.29, 0.717) is 17.5 Å². The van der Waals surface area contributed by atoms with Gasteiger partial charge in [-0.2, -0.15) is 0 Å². The Morgan fingerprint density at radius 3 is 2.47 bits per heavy atom. The molecule has 0 saturated carbocycles. The Hall–Kier alpha value is -0.570. The Balaban J connectivity index is 2.56. The molecule has 2 unspecified atom stereocenters. The molecular formula is C12H24N2O. The van der Waals surface area contributed by atoms with Crippen molar-refractivity contribution < 1.29 is 4.79 Å². The molecule has 1 amide bonds. The molecule has 0 spiro atoms. The first-order valence-electron chi connectivity index (χ1n) is 5.79. The van der Waals surface area contributed by atoms with Crippen LogP contribution in [0.15, 0.2) is 0 Å². The van der Waals surface area contributed by atoms with Gasteiger partial charge in [-0.3, -0.25) is 4.79 Å². The van der Waals surface area contributed by atoms with Gasteiger partial charge < -0.3 is 10.2 Å². The third-order valence-electron chi connectivity index (χ3n) is 2.76. The summed E-state index contributed by atoms with van der Waals surface area (Å²) >= 11 is 0. The molecule has 0 aromatic carbocycles. The highest BCUT2D eigenvalue weighted by molar-refractivity contribution is 5.73. The second kappa shape index (κ2) is 4.52. The van der Waals surface area contributed by atoms with E-state index in [2.05, 4.69) is 33.0 Å². The Kier molecular flexibility index (Phi) is 3.77. The maximum atomic E-state index is 11.4. The van der Waals surface area contributed by atoms with E-state index in [1.807, 2.05) is 4.90 Å². The smallest absolute Gasteiger partial charge is 0.219 e.